The van der Waals surface area contributed by atoms with Crippen LogP contribution in [0, 0.1) is 12.7 Å². The molecule has 0 aliphatic heterocycles. The van der Waals surface area contributed by atoms with Crippen LogP contribution in [0.1, 0.15) is 34.3 Å². The predicted molar refractivity (Wildman–Crippen MR) is 74.8 cm³/mol. The van der Waals surface area contributed by atoms with E-state index in [9.17, 15) is 9.18 Å². The molecule has 0 N–H and O–H groups in total. The van der Waals surface area contributed by atoms with Crippen molar-refractivity contribution in [2.24, 2.45) is 0 Å². The first-order valence-corrected chi connectivity index (χ1v) is 6.50. The van der Waals surface area contributed by atoms with E-state index in [0.29, 0.717) is 17.5 Å². The topological polar surface area (TPSA) is 17.1 Å². The number of carbonyl (C=O) groups is 1. The summed E-state index contributed by atoms with van der Waals surface area (Å²) < 4.78 is 13.1. The molecule has 2 aromatic rings. The molecule has 0 fully saturated rings. The first-order chi connectivity index (χ1) is 9.16. The van der Waals surface area contributed by atoms with Crippen molar-refractivity contribution in [3.8, 4) is 0 Å². The quantitative estimate of drug-likeness (QED) is 0.727. The molecular formula is C17H17FO. The molecule has 2 aromatic carbocycles. The Kier molecular flexibility index (Phi) is 4.45. The van der Waals surface area contributed by atoms with Crippen LogP contribution in [-0.2, 0) is 6.42 Å². The van der Waals surface area contributed by atoms with Gasteiger partial charge in [0, 0.05) is 12.0 Å². The molecule has 0 amide bonds. The van der Waals surface area contributed by atoms with E-state index in [4.69, 9.17) is 0 Å². The molecule has 0 saturated heterocycles. The average molecular weight is 256 g/mol. The second kappa shape index (κ2) is 6.28. The molecule has 0 spiro atoms. The van der Waals surface area contributed by atoms with Crippen molar-refractivity contribution in [2.45, 2.75) is 26.2 Å². The molecule has 0 saturated carbocycles. The van der Waals surface area contributed by atoms with E-state index >= 15 is 0 Å². The van der Waals surface area contributed by atoms with Gasteiger partial charge in [-0.05, 0) is 49.1 Å². The van der Waals surface area contributed by atoms with Gasteiger partial charge in [-0.2, -0.15) is 0 Å². The summed E-state index contributed by atoms with van der Waals surface area (Å²) in [5.74, 6) is -0.181. The van der Waals surface area contributed by atoms with Gasteiger partial charge in [-0.15, -0.1) is 0 Å². The molecule has 98 valence electrons. The zero-order valence-electron chi connectivity index (χ0n) is 11.0. The minimum absolute atomic E-state index is 0.0824. The molecule has 0 unspecified atom stereocenters. The summed E-state index contributed by atoms with van der Waals surface area (Å²) in [5, 5.41) is 0. The summed E-state index contributed by atoms with van der Waals surface area (Å²) in [6.45, 7) is 1.68. The predicted octanol–water partition coefficient (Wildman–Crippen LogP) is 4.34. The van der Waals surface area contributed by atoms with Crippen molar-refractivity contribution in [1.82, 2.24) is 0 Å². The Morgan fingerprint density at radius 1 is 1.11 bits per heavy atom. The number of hydrogen-bond donors (Lipinski definition) is 0. The second-order valence-electron chi connectivity index (χ2n) is 4.73. The molecular weight excluding hydrogens is 239 g/mol. The second-order valence-corrected chi connectivity index (χ2v) is 4.73. The highest BCUT2D eigenvalue weighted by molar-refractivity contribution is 5.96. The maximum Gasteiger partial charge on any atom is 0.162 e. The van der Waals surface area contributed by atoms with Crippen LogP contribution in [0.5, 0.6) is 0 Å². The van der Waals surface area contributed by atoms with E-state index in [1.165, 1.54) is 11.6 Å². The summed E-state index contributed by atoms with van der Waals surface area (Å²) in [7, 11) is 0. The van der Waals surface area contributed by atoms with E-state index in [1.807, 2.05) is 18.2 Å². The number of hydrogen-bond acceptors (Lipinski definition) is 1. The SMILES string of the molecule is Cc1cc(C(=O)CCCc2ccccc2)ccc1F. The van der Waals surface area contributed by atoms with Crippen LogP contribution in [0.2, 0.25) is 0 Å². The maximum atomic E-state index is 13.1. The fourth-order valence-electron chi connectivity index (χ4n) is 2.06. The van der Waals surface area contributed by atoms with E-state index in [2.05, 4.69) is 12.1 Å². The third kappa shape index (κ3) is 3.75. The summed E-state index contributed by atoms with van der Waals surface area (Å²) in [4.78, 5) is 12.0. The van der Waals surface area contributed by atoms with E-state index in [0.717, 1.165) is 12.8 Å². The lowest BCUT2D eigenvalue weighted by Gasteiger charge is -2.04. The van der Waals surface area contributed by atoms with Crippen molar-refractivity contribution in [3.05, 3.63) is 71.0 Å². The number of rotatable bonds is 5. The molecule has 0 heterocycles. The van der Waals surface area contributed by atoms with Gasteiger partial charge in [-0.1, -0.05) is 30.3 Å². The number of carbonyl (C=O) groups excluding carboxylic acids is 1. The zero-order valence-corrected chi connectivity index (χ0v) is 11.0. The van der Waals surface area contributed by atoms with Crippen LogP contribution >= 0.6 is 0 Å². The van der Waals surface area contributed by atoms with Gasteiger partial charge in [0.25, 0.3) is 0 Å². The summed E-state index contributed by atoms with van der Waals surface area (Å²) >= 11 is 0. The van der Waals surface area contributed by atoms with Crippen molar-refractivity contribution >= 4 is 5.78 Å². The molecule has 0 bridgehead atoms. The smallest absolute Gasteiger partial charge is 0.162 e. The Balaban J connectivity index is 1.89. The van der Waals surface area contributed by atoms with Crippen LogP contribution in [0.4, 0.5) is 4.39 Å². The van der Waals surface area contributed by atoms with Gasteiger partial charge in [0.15, 0.2) is 5.78 Å². The third-order valence-electron chi connectivity index (χ3n) is 3.19. The Hall–Kier alpha value is -1.96. The number of aryl methyl sites for hydroxylation is 2. The largest absolute Gasteiger partial charge is 0.294 e. The lowest BCUT2D eigenvalue weighted by molar-refractivity contribution is 0.0980. The van der Waals surface area contributed by atoms with Crippen LogP contribution in [0.25, 0.3) is 0 Å². The van der Waals surface area contributed by atoms with Crippen molar-refractivity contribution in [1.29, 1.82) is 0 Å². The Labute approximate surface area is 113 Å². The lowest BCUT2D eigenvalue weighted by Crippen LogP contribution is -2.01. The summed E-state index contributed by atoms with van der Waals surface area (Å²) in [5.41, 5.74) is 2.37. The van der Waals surface area contributed by atoms with E-state index < -0.39 is 0 Å². The number of ketones is 1. The molecule has 0 aliphatic carbocycles. The van der Waals surface area contributed by atoms with Crippen molar-refractivity contribution in [2.75, 3.05) is 0 Å². The lowest BCUT2D eigenvalue weighted by atomic mass is 10.0. The zero-order chi connectivity index (χ0) is 13.7. The Bertz CT molecular complexity index is 561. The monoisotopic (exact) mass is 256 g/mol. The van der Waals surface area contributed by atoms with Gasteiger partial charge in [0.2, 0.25) is 0 Å². The van der Waals surface area contributed by atoms with Gasteiger partial charge in [0.1, 0.15) is 5.82 Å². The fraction of sp³-hybridized carbons (Fsp3) is 0.235. The molecule has 0 atom stereocenters. The van der Waals surface area contributed by atoms with Crippen LogP contribution in [0.15, 0.2) is 48.5 Å². The minimum atomic E-state index is -0.263. The van der Waals surface area contributed by atoms with Gasteiger partial charge in [0.05, 0.1) is 0 Å². The molecule has 2 rings (SSSR count). The first kappa shape index (κ1) is 13.5. The highest BCUT2D eigenvalue weighted by Gasteiger charge is 2.07. The number of Topliss-reactive ketones (excluding diaryl/α,β-unsaturated/α-hetero) is 1. The van der Waals surface area contributed by atoms with Crippen molar-refractivity contribution < 1.29 is 9.18 Å². The molecule has 0 aliphatic rings. The summed E-state index contributed by atoms with van der Waals surface area (Å²) in [6.07, 6.45) is 2.21. The third-order valence-corrected chi connectivity index (χ3v) is 3.19. The van der Waals surface area contributed by atoms with E-state index in [-0.39, 0.29) is 11.6 Å². The molecule has 1 nitrogen and oxygen atoms in total. The van der Waals surface area contributed by atoms with Crippen LogP contribution in [0.3, 0.4) is 0 Å². The van der Waals surface area contributed by atoms with Crippen LogP contribution < -0.4 is 0 Å². The molecule has 19 heavy (non-hydrogen) atoms. The van der Waals surface area contributed by atoms with Gasteiger partial charge < -0.3 is 0 Å². The molecule has 0 aromatic heterocycles. The fourth-order valence-corrected chi connectivity index (χ4v) is 2.06. The highest BCUT2D eigenvalue weighted by atomic mass is 19.1. The van der Waals surface area contributed by atoms with Crippen LogP contribution in [-0.4, -0.2) is 5.78 Å². The normalized spacial score (nSPS) is 10.4. The van der Waals surface area contributed by atoms with Crippen molar-refractivity contribution in [3.63, 3.8) is 0 Å². The number of halogens is 1. The van der Waals surface area contributed by atoms with Gasteiger partial charge in [-0.25, -0.2) is 4.39 Å². The van der Waals surface area contributed by atoms with E-state index in [1.54, 1.807) is 19.1 Å². The highest BCUT2D eigenvalue weighted by Crippen LogP contribution is 2.13. The first-order valence-electron chi connectivity index (χ1n) is 6.50. The minimum Gasteiger partial charge on any atom is -0.294 e. The summed E-state index contributed by atoms with van der Waals surface area (Å²) in [6, 6.07) is 14.7. The average Bonchev–Trinajstić information content (AvgIpc) is 2.43. The molecule has 2 heteroatoms. The maximum absolute atomic E-state index is 13.1. The standard InChI is InChI=1S/C17H17FO/c1-13-12-15(10-11-16(13)18)17(19)9-5-8-14-6-3-2-4-7-14/h2-4,6-7,10-12H,5,8-9H2,1H3. The Morgan fingerprint density at radius 3 is 2.53 bits per heavy atom. The molecule has 0 radical (unpaired) electrons. The van der Waals surface area contributed by atoms with Gasteiger partial charge in [-0.3, -0.25) is 4.79 Å². The number of benzene rings is 2. The Morgan fingerprint density at radius 2 is 1.84 bits per heavy atom. The van der Waals surface area contributed by atoms with Gasteiger partial charge >= 0.3 is 0 Å².